The smallest absolute Gasteiger partial charge is 0.232 e. The Morgan fingerprint density at radius 2 is 1.90 bits per heavy atom. The molecule has 2 heterocycles. The van der Waals surface area contributed by atoms with E-state index in [9.17, 15) is 9.90 Å². The van der Waals surface area contributed by atoms with Crippen molar-refractivity contribution in [2.24, 2.45) is 0 Å². The Morgan fingerprint density at radius 3 is 2.68 bits per heavy atom. The molecule has 0 unspecified atom stereocenters. The van der Waals surface area contributed by atoms with Crippen LogP contribution in [0.5, 0.6) is 0 Å². The number of aliphatic hydroxyl groups is 1. The van der Waals surface area contributed by atoms with Gasteiger partial charge in [-0.1, -0.05) is 24.3 Å². The van der Waals surface area contributed by atoms with Crippen molar-refractivity contribution in [2.75, 3.05) is 22.1 Å². The van der Waals surface area contributed by atoms with Gasteiger partial charge in [-0.3, -0.25) is 4.79 Å². The second-order valence-corrected chi connectivity index (χ2v) is 8.21. The van der Waals surface area contributed by atoms with Crippen molar-refractivity contribution >= 4 is 29.2 Å². The highest BCUT2D eigenvalue weighted by Crippen LogP contribution is 2.28. The van der Waals surface area contributed by atoms with Gasteiger partial charge in [-0.15, -0.1) is 0 Å². The van der Waals surface area contributed by atoms with E-state index < -0.39 is 5.60 Å². The Labute approximate surface area is 181 Å². The van der Waals surface area contributed by atoms with Crippen molar-refractivity contribution < 1.29 is 9.90 Å². The van der Waals surface area contributed by atoms with Crippen LogP contribution < -0.4 is 15.5 Å². The Kier molecular flexibility index (Phi) is 5.56. The number of nitrogens with zero attached hydrogens (tertiary/aromatic N) is 4. The molecule has 31 heavy (non-hydrogen) atoms. The first-order valence-electron chi connectivity index (χ1n) is 10.2. The molecule has 1 amide bonds. The Hall–Kier alpha value is -3.52. The fraction of sp³-hybridized carbons (Fsp3) is 0.304. The first-order valence-corrected chi connectivity index (χ1v) is 10.2. The number of carbonyl (C=O) groups is 1. The summed E-state index contributed by atoms with van der Waals surface area (Å²) in [6.45, 7) is 6.55. The molecule has 3 aromatic rings. The maximum absolute atomic E-state index is 11.3. The van der Waals surface area contributed by atoms with Gasteiger partial charge in [0, 0.05) is 31.4 Å². The number of rotatable bonds is 5. The lowest BCUT2D eigenvalue weighted by atomic mass is 9.91. The average Bonchev–Trinajstić information content (AvgIpc) is 2.72. The fourth-order valence-corrected chi connectivity index (χ4v) is 3.61. The highest BCUT2D eigenvalue weighted by atomic mass is 16.3. The number of carbonyl (C=O) groups excluding carboxylic acids is 1. The molecule has 0 saturated heterocycles. The van der Waals surface area contributed by atoms with Crippen molar-refractivity contribution in [1.82, 2.24) is 15.0 Å². The minimum atomic E-state index is -0.849. The van der Waals surface area contributed by atoms with Gasteiger partial charge in [0.25, 0.3) is 0 Å². The van der Waals surface area contributed by atoms with Crippen molar-refractivity contribution in [3.63, 3.8) is 0 Å². The highest BCUT2D eigenvalue weighted by Gasteiger charge is 2.22. The van der Waals surface area contributed by atoms with Crippen molar-refractivity contribution in [2.45, 2.75) is 39.3 Å². The molecule has 0 aliphatic carbocycles. The number of aromatic nitrogens is 3. The largest absolute Gasteiger partial charge is 0.386 e. The van der Waals surface area contributed by atoms with Gasteiger partial charge >= 0.3 is 0 Å². The number of nitrogens with one attached hydrogen (secondary N) is 2. The molecule has 160 valence electrons. The summed E-state index contributed by atoms with van der Waals surface area (Å²) in [5, 5.41) is 16.2. The third-order valence-electron chi connectivity index (χ3n) is 5.21. The molecule has 1 aliphatic rings. The number of hydrogen-bond donors (Lipinski definition) is 3. The lowest BCUT2D eigenvalue weighted by Crippen LogP contribution is -2.32. The van der Waals surface area contributed by atoms with Gasteiger partial charge in [0.05, 0.1) is 5.60 Å². The molecule has 8 heteroatoms. The van der Waals surface area contributed by atoms with E-state index in [2.05, 4.69) is 42.6 Å². The van der Waals surface area contributed by atoms with Crippen LogP contribution in [0.2, 0.25) is 0 Å². The average molecular weight is 419 g/mol. The molecule has 0 atom stereocenters. The van der Waals surface area contributed by atoms with Crippen LogP contribution >= 0.6 is 0 Å². The molecule has 1 aliphatic heterocycles. The molecule has 0 radical (unpaired) electrons. The summed E-state index contributed by atoms with van der Waals surface area (Å²) in [7, 11) is 0. The first kappa shape index (κ1) is 20.7. The molecular weight excluding hydrogens is 392 g/mol. The van der Waals surface area contributed by atoms with Crippen LogP contribution in [0.25, 0.3) is 0 Å². The SMILES string of the molecule is CC(=O)Nc1cccc(Nc2ncnc(N3CCc4cc(C(C)(C)O)ccc4C3)n2)c1. The summed E-state index contributed by atoms with van der Waals surface area (Å²) in [4.78, 5) is 26.6. The molecule has 4 rings (SSSR count). The van der Waals surface area contributed by atoms with Gasteiger partial charge in [0.15, 0.2) is 0 Å². The molecule has 1 aromatic heterocycles. The van der Waals surface area contributed by atoms with Gasteiger partial charge in [-0.2, -0.15) is 4.98 Å². The quantitative estimate of drug-likeness (QED) is 0.584. The van der Waals surface area contributed by atoms with Gasteiger partial charge in [-0.05, 0) is 55.2 Å². The number of hydrogen-bond acceptors (Lipinski definition) is 7. The zero-order valence-electron chi connectivity index (χ0n) is 17.9. The van der Waals surface area contributed by atoms with E-state index in [1.807, 2.05) is 30.3 Å². The lowest BCUT2D eigenvalue weighted by molar-refractivity contribution is -0.114. The Balaban J connectivity index is 1.50. The third-order valence-corrected chi connectivity index (χ3v) is 5.21. The fourth-order valence-electron chi connectivity index (χ4n) is 3.61. The number of amides is 1. The van der Waals surface area contributed by atoms with Crippen LogP contribution in [-0.4, -0.2) is 32.5 Å². The van der Waals surface area contributed by atoms with Crippen LogP contribution in [0, 0.1) is 0 Å². The van der Waals surface area contributed by atoms with Gasteiger partial charge in [-0.25, -0.2) is 9.97 Å². The van der Waals surface area contributed by atoms with Gasteiger partial charge in [0.1, 0.15) is 6.33 Å². The molecule has 0 spiro atoms. The second kappa shape index (κ2) is 8.31. The molecule has 0 fully saturated rings. The highest BCUT2D eigenvalue weighted by molar-refractivity contribution is 5.89. The first-order chi connectivity index (χ1) is 14.8. The maximum Gasteiger partial charge on any atom is 0.232 e. The van der Waals surface area contributed by atoms with Crippen LogP contribution in [0.15, 0.2) is 48.8 Å². The number of benzene rings is 2. The molecule has 0 saturated carbocycles. The summed E-state index contributed by atoms with van der Waals surface area (Å²) >= 11 is 0. The minimum absolute atomic E-state index is 0.125. The van der Waals surface area contributed by atoms with E-state index >= 15 is 0 Å². The van der Waals surface area contributed by atoms with Crippen LogP contribution in [0.3, 0.4) is 0 Å². The maximum atomic E-state index is 11.3. The molecule has 0 bridgehead atoms. The van der Waals surface area contributed by atoms with E-state index in [1.165, 1.54) is 24.4 Å². The Morgan fingerprint density at radius 1 is 1.10 bits per heavy atom. The van der Waals surface area contributed by atoms with Crippen LogP contribution in [-0.2, 0) is 23.4 Å². The second-order valence-electron chi connectivity index (χ2n) is 8.21. The van der Waals surface area contributed by atoms with E-state index in [0.29, 0.717) is 24.1 Å². The summed E-state index contributed by atoms with van der Waals surface area (Å²) < 4.78 is 0. The van der Waals surface area contributed by atoms with E-state index in [0.717, 1.165) is 24.2 Å². The predicted molar refractivity (Wildman–Crippen MR) is 120 cm³/mol. The number of fused-ring (bicyclic) bond motifs is 1. The summed E-state index contributed by atoms with van der Waals surface area (Å²) in [6, 6.07) is 13.5. The van der Waals surface area contributed by atoms with E-state index in [-0.39, 0.29) is 5.91 Å². The number of anilines is 4. The standard InChI is InChI=1S/C23H26N6O2/c1-15(30)26-19-5-4-6-20(12-19)27-21-24-14-25-22(28-21)29-10-9-16-11-18(23(2,3)31)8-7-17(16)13-29/h4-8,11-12,14,31H,9-10,13H2,1-3H3,(H,26,30)(H,24,25,27,28). The van der Waals surface area contributed by atoms with Gasteiger partial charge in [0.2, 0.25) is 17.8 Å². The molecule has 3 N–H and O–H groups in total. The molecule has 8 nitrogen and oxygen atoms in total. The zero-order chi connectivity index (χ0) is 22.0. The minimum Gasteiger partial charge on any atom is -0.386 e. The van der Waals surface area contributed by atoms with Crippen molar-refractivity contribution in [3.05, 3.63) is 65.5 Å². The van der Waals surface area contributed by atoms with E-state index in [4.69, 9.17) is 0 Å². The normalized spacial score (nSPS) is 13.5. The summed E-state index contributed by atoms with van der Waals surface area (Å²) in [5.74, 6) is 0.917. The van der Waals surface area contributed by atoms with Crippen LogP contribution in [0.1, 0.15) is 37.5 Å². The van der Waals surface area contributed by atoms with E-state index in [1.54, 1.807) is 13.8 Å². The monoisotopic (exact) mass is 418 g/mol. The summed E-state index contributed by atoms with van der Waals surface area (Å²) in [5.41, 5.74) is 4.00. The van der Waals surface area contributed by atoms with Crippen LogP contribution in [0.4, 0.5) is 23.3 Å². The third kappa shape index (κ3) is 4.97. The zero-order valence-corrected chi connectivity index (χ0v) is 17.9. The topological polar surface area (TPSA) is 103 Å². The molecular formula is C23H26N6O2. The lowest BCUT2D eigenvalue weighted by Gasteiger charge is -2.30. The van der Waals surface area contributed by atoms with Crippen molar-refractivity contribution in [3.8, 4) is 0 Å². The molecule has 2 aromatic carbocycles. The Bertz CT molecular complexity index is 1110. The van der Waals surface area contributed by atoms with Crippen molar-refractivity contribution in [1.29, 1.82) is 0 Å². The predicted octanol–water partition coefficient (Wildman–Crippen LogP) is 3.36. The summed E-state index contributed by atoms with van der Waals surface area (Å²) in [6.07, 6.45) is 2.35. The van der Waals surface area contributed by atoms with Gasteiger partial charge < -0.3 is 20.6 Å².